The van der Waals surface area contributed by atoms with Crippen molar-refractivity contribution in [3.63, 3.8) is 0 Å². The Balaban J connectivity index is 2.61. The van der Waals surface area contributed by atoms with Gasteiger partial charge in [0, 0.05) is 0 Å². The lowest BCUT2D eigenvalue weighted by Crippen LogP contribution is -2.53. The van der Waals surface area contributed by atoms with E-state index in [0.29, 0.717) is 18.8 Å². The highest BCUT2D eigenvalue weighted by atomic mass is 16.2. The highest BCUT2D eigenvalue weighted by Gasteiger charge is 2.49. The maximum absolute atomic E-state index is 11.7. The van der Waals surface area contributed by atoms with E-state index in [0.717, 1.165) is 0 Å². The van der Waals surface area contributed by atoms with Gasteiger partial charge < -0.3 is 11.1 Å². The molecular weight excluding hydrogens is 194 g/mol. The van der Waals surface area contributed by atoms with Crippen LogP contribution in [0.3, 0.4) is 0 Å². The van der Waals surface area contributed by atoms with Gasteiger partial charge in [-0.05, 0) is 25.7 Å². The number of nitrogens with zero attached hydrogens (tertiary/aromatic N) is 1. The van der Waals surface area contributed by atoms with E-state index < -0.39 is 17.4 Å². The van der Waals surface area contributed by atoms with E-state index in [1.54, 1.807) is 0 Å². The summed E-state index contributed by atoms with van der Waals surface area (Å²) in [4.78, 5) is 22.4. The zero-order valence-electron chi connectivity index (χ0n) is 8.91. The third-order valence-corrected chi connectivity index (χ3v) is 2.82. The second kappa shape index (κ2) is 3.89. The fourth-order valence-corrected chi connectivity index (χ4v) is 1.86. The minimum absolute atomic E-state index is 0.380. The molecule has 0 bridgehead atoms. The number of amides is 2. The minimum atomic E-state index is -0.941. The zero-order valence-corrected chi connectivity index (χ0v) is 8.91. The highest BCUT2D eigenvalue weighted by Crippen LogP contribution is 2.45. The summed E-state index contributed by atoms with van der Waals surface area (Å²) in [5.74, 6) is -0.586. The second-order valence-corrected chi connectivity index (χ2v) is 4.30. The van der Waals surface area contributed by atoms with Gasteiger partial charge in [-0.25, -0.2) is 0 Å². The van der Waals surface area contributed by atoms with Crippen molar-refractivity contribution in [1.29, 1.82) is 5.26 Å². The molecule has 5 nitrogen and oxygen atoms in total. The Hall–Kier alpha value is -1.57. The fraction of sp³-hybridized carbons (Fsp3) is 0.700. The molecule has 1 aliphatic rings. The van der Waals surface area contributed by atoms with Gasteiger partial charge in [-0.3, -0.25) is 9.59 Å². The van der Waals surface area contributed by atoms with Gasteiger partial charge >= 0.3 is 0 Å². The van der Waals surface area contributed by atoms with Gasteiger partial charge in [-0.2, -0.15) is 5.26 Å². The molecule has 1 atom stereocenters. The number of primary amides is 1. The summed E-state index contributed by atoms with van der Waals surface area (Å²) in [7, 11) is 0. The number of rotatable bonds is 3. The van der Waals surface area contributed by atoms with Gasteiger partial charge in [-0.1, -0.05) is 6.92 Å². The van der Waals surface area contributed by atoms with Gasteiger partial charge in [0.25, 0.3) is 0 Å². The predicted molar refractivity (Wildman–Crippen MR) is 53.2 cm³/mol. The maximum Gasteiger partial charge on any atom is 0.241 e. The SMILES string of the molecule is CC1CC(C#N)(C(=O)NC(C)C(N)=O)C1. The van der Waals surface area contributed by atoms with Crippen LogP contribution in [0.1, 0.15) is 26.7 Å². The van der Waals surface area contributed by atoms with Gasteiger partial charge in [0.2, 0.25) is 11.8 Å². The van der Waals surface area contributed by atoms with Crippen molar-refractivity contribution in [2.45, 2.75) is 32.7 Å². The molecule has 0 heterocycles. The van der Waals surface area contributed by atoms with Crippen LogP contribution in [0, 0.1) is 22.7 Å². The van der Waals surface area contributed by atoms with Crippen LogP contribution in [0.15, 0.2) is 0 Å². The van der Waals surface area contributed by atoms with Crippen molar-refractivity contribution >= 4 is 11.8 Å². The van der Waals surface area contributed by atoms with Crippen molar-refractivity contribution in [2.24, 2.45) is 17.1 Å². The van der Waals surface area contributed by atoms with Crippen molar-refractivity contribution in [3.05, 3.63) is 0 Å². The first-order valence-corrected chi connectivity index (χ1v) is 4.93. The number of carbonyl (C=O) groups excluding carboxylic acids is 2. The minimum Gasteiger partial charge on any atom is -0.368 e. The lowest BCUT2D eigenvalue weighted by atomic mass is 9.63. The Morgan fingerprint density at radius 3 is 2.47 bits per heavy atom. The quantitative estimate of drug-likeness (QED) is 0.680. The number of nitrogens with one attached hydrogen (secondary N) is 1. The first-order valence-electron chi connectivity index (χ1n) is 4.93. The van der Waals surface area contributed by atoms with Gasteiger partial charge in [0.15, 0.2) is 0 Å². The largest absolute Gasteiger partial charge is 0.368 e. The smallest absolute Gasteiger partial charge is 0.241 e. The number of carbonyl (C=O) groups is 2. The number of nitrogens with two attached hydrogens (primary N) is 1. The van der Waals surface area contributed by atoms with Crippen LogP contribution in [0.5, 0.6) is 0 Å². The first kappa shape index (κ1) is 11.5. The number of hydrogen-bond acceptors (Lipinski definition) is 3. The van der Waals surface area contributed by atoms with E-state index in [-0.39, 0.29) is 5.91 Å². The van der Waals surface area contributed by atoms with E-state index in [4.69, 9.17) is 11.0 Å². The van der Waals surface area contributed by atoms with E-state index in [2.05, 4.69) is 5.32 Å². The molecule has 1 aliphatic carbocycles. The van der Waals surface area contributed by atoms with Crippen LogP contribution in [0.4, 0.5) is 0 Å². The normalized spacial score (nSPS) is 30.9. The Morgan fingerprint density at radius 2 is 2.13 bits per heavy atom. The topological polar surface area (TPSA) is 96.0 Å². The summed E-state index contributed by atoms with van der Waals surface area (Å²) >= 11 is 0. The molecule has 0 radical (unpaired) electrons. The lowest BCUT2D eigenvalue weighted by Gasteiger charge is -2.39. The van der Waals surface area contributed by atoms with Crippen LogP contribution >= 0.6 is 0 Å². The summed E-state index contributed by atoms with van der Waals surface area (Å²) in [6, 6.07) is 1.30. The predicted octanol–water partition coefficient (Wildman–Crippen LogP) is -0.0837. The Kier molecular flexibility index (Phi) is 2.98. The molecule has 82 valence electrons. The Labute approximate surface area is 88.6 Å². The molecule has 0 aromatic rings. The summed E-state index contributed by atoms with van der Waals surface area (Å²) in [5, 5.41) is 11.4. The Morgan fingerprint density at radius 1 is 1.60 bits per heavy atom. The summed E-state index contributed by atoms with van der Waals surface area (Å²) in [5.41, 5.74) is 4.08. The van der Waals surface area contributed by atoms with Crippen LogP contribution < -0.4 is 11.1 Å². The summed E-state index contributed by atoms with van der Waals surface area (Å²) in [6.45, 7) is 3.49. The van der Waals surface area contributed by atoms with Crippen molar-refractivity contribution in [3.8, 4) is 6.07 Å². The molecule has 1 rings (SSSR count). The average molecular weight is 209 g/mol. The number of nitriles is 1. The zero-order chi connectivity index (χ0) is 11.6. The van der Waals surface area contributed by atoms with Crippen molar-refractivity contribution in [2.75, 3.05) is 0 Å². The van der Waals surface area contributed by atoms with E-state index in [9.17, 15) is 9.59 Å². The molecule has 0 saturated heterocycles. The van der Waals surface area contributed by atoms with Crippen molar-refractivity contribution in [1.82, 2.24) is 5.32 Å². The van der Waals surface area contributed by atoms with Crippen LogP contribution in [0.2, 0.25) is 0 Å². The van der Waals surface area contributed by atoms with Crippen LogP contribution in [0.25, 0.3) is 0 Å². The molecule has 3 N–H and O–H groups in total. The van der Waals surface area contributed by atoms with Crippen molar-refractivity contribution < 1.29 is 9.59 Å². The molecule has 1 fully saturated rings. The van der Waals surface area contributed by atoms with E-state index in [1.807, 2.05) is 13.0 Å². The molecule has 2 amide bonds. The fourth-order valence-electron chi connectivity index (χ4n) is 1.86. The molecule has 1 saturated carbocycles. The molecule has 0 aromatic carbocycles. The molecule has 0 aromatic heterocycles. The number of hydrogen-bond donors (Lipinski definition) is 2. The molecule has 15 heavy (non-hydrogen) atoms. The van der Waals surface area contributed by atoms with Crippen LogP contribution in [-0.2, 0) is 9.59 Å². The van der Waals surface area contributed by atoms with Crippen LogP contribution in [-0.4, -0.2) is 17.9 Å². The van der Waals surface area contributed by atoms with E-state index >= 15 is 0 Å². The molecular formula is C10H15N3O2. The second-order valence-electron chi connectivity index (χ2n) is 4.30. The first-order chi connectivity index (χ1) is 6.91. The monoisotopic (exact) mass is 209 g/mol. The summed E-state index contributed by atoms with van der Waals surface area (Å²) in [6.07, 6.45) is 1.11. The van der Waals surface area contributed by atoms with E-state index in [1.165, 1.54) is 6.92 Å². The van der Waals surface area contributed by atoms with Gasteiger partial charge in [0.1, 0.15) is 11.5 Å². The molecule has 5 heteroatoms. The summed E-state index contributed by atoms with van der Waals surface area (Å²) < 4.78 is 0. The van der Waals surface area contributed by atoms with Gasteiger partial charge in [0.05, 0.1) is 6.07 Å². The Bertz CT molecular complexity index is 326. The lowest BCUT2D eigenvalue weighted by molar-refractivity contribution is -0.136. The van der Waals surface area contributed by atoms with Gasteiger partial charge in [-0.15, -0.1) is 0 Å². The molecule has 0 spiro atoms. The maximum atomic E-state index is 11.7. The molecule has 0 aliphatic heterocycles. The highest BCUT2D eigenvalue weighted by molar-refractivity contribution is 5.91. The third-order valence-electron chi connectivity index (χ3n) is 2.82. The third kappa shape index (κ3) is 2.09. The average Bonchev–Trinajstić information content (AvgIpc) is 2.11. The molecule has 1 unspecified atom stereocenters. The standard InChI is InChI=1S/C10H15N3O2/c1-6-3-10(4-6,5-11)9(15)13-7(2)8(12)14/h6-7H,3-4H2,1-2H3,(H2,12,14)(H,13,15).